The van der Waals surface area contributed by atoms with E-state index in [1.807, 2.05) is 0 Å². The molecule has 0 amide bonds. The van der Waals surface area contributed by atoms with Crippen molar-refractivity contribution in [2.24, 2.45) is 0 Å². The van der Waals surface area contributed by atoms with Crippen LogP contribution in [0.2, 0.25) is 0 Å². The maximum absolute atomic E-state index is 11.8. The van der Waals surface area contributed by atoms with E-state index in [4.69, 9.17) is 0 Å². The highest BCUT2D eigenvalue weighted by atomic mass is 16.6. The molecule has 1 unspecified atom stereocenters. The summed E-state index contributed by atoms with van der Waals surface area (Å²) in [6.07, 6.45) is 0.924. The molecule has 0 aliphatic heterocycles. The van der Waals surface area contributed by atoms with E-state index in [1.165, 1.54) is 0 Å². The molecular formula is C14H15NO6. The molecule has 0 fully saturated rings. The Hall–Kier alpha value is -2.70. The fourth-order valence-corrected chi connectivity index (χ4v) is 1.82. The van der Waals surface area contributed by atoms with Crippen molar-refractivity contribution in [2.75, 3.05) is 20.8 Å². The van der Waals surface area contributed by atoms with Gasteiger partial charge < -0.3 is 9.47 Å². The fourth-order valence-electron chi connectivity index (χ4n) is 1.82. The molecule has 0 heterocycles. The summed E-state index contributed by atoms with van der Waals surface area (Å²) < 4.78 is 9.08. The summed E-state index contributed by atoms with van der Waals surface area (Å²) in [5.41, 5.74) is 0.419. The standard InChI is InChI=1S/C14H15NO6/c1-20-13(16)8-11(14(17)21-2)12(9-15(18)19)10-6-4-3-5-7-10/h3-8,12H,9H2,1-2H3/b11-8-. The average Bonchev–Trinajstić information content (AvgIpc) is 2.50. The summed E-state index contributed by atoms with van der Waals surface area (Å²) in [7, 11) is 2.29. The molecule has 0 aromatic heterocycles. The van der Waals surface area contributed by atoms with E-state index in [0.717, 1.165) is 20.3 Å². The number of ether oxygens (including phenoxy) is 2. The highest BCUT2D eigenvalue weighted by molar-refractivity contribution is 5.97. The highest BCUT2D eigenvalue weighted by Crippen LogP contribution is 2.25. The van der Waals surface area contributed by atoms with Gasteiger partial charge in [-0.25, -0.2) is 9.59 Å². The third kappa shape index (κ3) is 4.72. The number of rotatable bonds is 6. The van der Waals surface area contributed by atoms with Gasteiger partial charge in [-0.15, -0.1) is 0 Å². The van der Waals surface area contributed by atoms with Gasteiger partial charge in [0.05, 0.1) is 25.7 Å². The minimum Gasteiger partial charge on any atom is -0.466 e. The Morgan fingerprint density at radius 3 is 2.33 bits per heavy atom. The second-order valence-electron chi connectivity index (χ2n) is 4.09. The van der Waals surface area contributed by atoms with Crippen molar-refractivity contribution in [3.8, 4) is 0 Å². The molecule has 0 radical (unpaired) electrons. The Balaban J connectivity index is 3.30. The van der Waals surface area contributed by atoms with Crippen molar-refractivity contribution in [1.29, 1.82) is 0 Å². The number of benzene rings is 1. The lowest BCUT2D eigenvalue weighted by molar-refractivity contribution is -0.481. The molecule has 1 aromatic carbocycles. The monoisotopic (exact) mass is 293 g/mol. The smallest absolute Gasteiger partial charge is 0.334 e. The van der Waals surface area contributed by atoms with Crippen LogP contribution in [-0.4, -0.2) is 37.6 Å². The largest absolute Gasteiger partial charge is 0.466 e. The maximum atomic E-state index is 11.8. The highest BCUT2D eigenvalue weighted by Gasteiger charge is 2.29. The van der Waals surface area contributed by atoms with Crippen LogP contribution in [0.3, 0.4) is 0 Å². The number of nitro groups is 1. The predicted molar refractivity (Wildman–Crippen MR) is 73.2 cm³/mol. The molecule has 112 valence electrons. The number of hydrogen-bond donors (Lipinski definition) is 0. The number of methoxy groups -OCH3 is 2. The van der Waals surface area contributed by atoms with Gasteiger partial charge in [-0.2, -0.15) is 0 Å². The van der Waals surface area contributed by atoms with Gasteiger partial charge in [0.1, 0.15) is 0 Å². The molecule has 0 aliphatic carbocycles. The van der Waals surface area contributed by atoms with Crippen LogP contribution < -0.4 is 0 Å². The van der Waals surface area contributed by atoms with Gasteiger partial charge in [0.25, 0.3) is 0 Å². The molecule has 0 aliphatic rings. The molecular weight excluding hydrogens is 278 g/mol. The lowest BCUT2D eigenvalue weighted by atomic mass is 9.90. The third-order valence-electron chi connectivity index (χ3n) is 2.80. The molecule has 1 atom stereocenters. The summed E-state index contributed by atoms with van der Waals surface area (Å²) >= 11 is 0. The average molecular weight is 293 g/mol. The lowest BCUT2D eigenvalue weighted by Gasteiger charge is -2.15. The number of carbonyl (C=O) groups is 2. The van der Waals surface area contributed by atoms with E-state index in [9.17, 15) is 19.7 Å². The van der Waals surface area contributed by atoms with E-state index in [0.29, 0.717) is 5.56 Å². The number of esters is 2. The van der Waals surface area contributed by atoms with Crippen LogP contribution in [0.1, 0.15) is 11.5 Å². The zero-order valence-corrected chi connectivity index (χ0v) is 11.6. The minimum atomic E-state index is -0.896. The van der Waals surface area contributed by atoms with Gasteiger partial charge in [-0.1, -0.05) is 30.3 Å². The van der Waals surface area contributed by atoms with E-state index < -0.39 is 29.3 Å². The first kappa shape index (κ1) is 16.4. The van der Waals surface area contributed by atoms with Crippen molar-refractivity contribution in [2.45, 2.75) is 5.92 Å². The second-order valence-corrected chi connectivity index (χ2v) is 4.09. The van der Waals surface area contributed by atoms with Crippen LogP contribution in [0.25, 0.3) is 0 Å². The van der Waals surface area contributed by atoms with Crippen molar-refractivity contribution in [3.05, 3.63) is 57.7 Å². The van der Waals surface area contributed by atoms with E-state index in [-0.39, 0.29) is 5.57 Å². The maximum Gasteiger partial charge on any atom is 0.334 e. The van der Waals surface area contributed by atoms with Crippen molar-refractivity contribution < 1.29 is 24.0 Å². The molecule has 0 bridgehead atoms. The minimum absolute atomic E-state index is 0.118. The summed E-state index contributed by atoms with van der Waals surface area (Å²) in [5.74, 6) is -2.48. The molecule has 0 saturated carbocycles. The van der Waals surface area contributed by atoms with Gasteiger partial charge in [0.15, 0.2) is 0 Å². The van der Waals surface area contributed by atoms with Gasteiger partial charge >= 0.3 is 11.9 Å². The normalized spacial score (nSPS) is 12.4. The quantitative estimate of drug-likeness (QED) is 0.340. The number of hydrogen-bond acceptors (Lipinski definition) is 6. The Kier molecular flexibility index (Phi) is 6.06. The Morgan fingerprint density at radius 2 is 1.86 bits per heavy atom. The van der Waals surface area contributed by atoms with Gasteiger partial charge in [-0.3, -0.25) is 10.1 Å². The summed E-state index contributed by atoms with van der Waals surface area (Å²) in [6, 6.07) is 8.41. The number of carbonyl (C=O) groups excluding carboxylic acids is 2. The fraction of sp³-hybridized carbons (Fsp3) is 0.286. The van der Waals surface area contributed by atoms with Crippen LogP contribution in [0.5, 0.6) is 0 Å². The van der Waals surface area contributed by atoms with Crippen molar-refractivity contribution in [3.63, 3.8) is 0 Å². The second kappa shape index (κ2) is 7.78. The SMILES string of the molecule is COC(=O)/C=C(\C(=O)OC)C(C[N+](=O)[O-])c1ccccc1. The Labute approximate surface area is 121 Å². The van der Waals surface area contributed by atoms with Gasteiger partial charge in [0, 0.05) is 11.0 Å². The van der Waals surface area contributed by atoms with E-state index in [1.54, 1.807) is 30.3 Å². The molecule has 0 saturated heterocycles. The Bertz CT molecular complexity index is 552. The summed E-state index contributed by atoms with van der Waals surface area (Å²) in [6.45, 7) is -0.540. The van der Waals surface area contributed by atoms with Crippen LogP contribution in [0.4, 0.5) is 0 Å². The van der Waals surface area contributed by atoms with E-state index in [2.05, 4.69) is 9.47 Å². The molecule has 1 aromatic rings. The van der Waals surface area contributed by atoms with Crippen LogP contribution in [0.15, 0.2) is 42.0 Å². The van der Waals surface area contributed by atoms with Gasteiger partial charge in [-0.05, 0) is 5.56 Å². The van der Waals surface area contributed by atoms with Crippen molar-refractivity contribution in [1.82, 2.24) is 0 Å². The molecule has 1 rings (SSSR count). The van der Waals surface area contributed by atoms with Crippen LogP contribution in [-0.2, 0) is 19.1 Å². The molecule has 7 nitrogen and oxygen atoms in total. The number of nitrogens with zero attached hydrogens (tertiary/aromatic N) is 1. The third-order valence-corrected chi connectivity index (χ3v) is 2.80. The first-order valence-electron chi connectivity index (χ1n) is 6.04. The van der Waals surface area contributed by atoms with Crippen LogP contribution >= 0.6 is 0 Å². The molecule has 0 N–H and O–H groups in total. The first-order valence-corrected chi connectivity index (χ1v) is 6.04. The molecule has 0 spiro atoms. The van der Waals surface area contributed by atoms with Crippen LogP contribution in [0, 0.1) is 10.1 Å². The topological polar surface area (TPSA) is 95.7 Å². The zero-order chi connectivity index (χ0) is 15.8. The first-order chi connectivity index (χ1) is 9.99. The lowest BCUT2D eigenvalue weighted by Crippen LogP contribution is -2.22. The summed E-state index contributed by atoms with van der Waals surface area (Å²) in [4.78, 5) is 33.5. The molecule has 7 heteroatoms. The zero-order valence-electron chi connectivity index (χ0n) is 11.6. The van der Waals surface area contributed by atoms with Crippen molar-refractivity contribution >= 4 is 11.9 Å². The Morgan fingerprint density at radius 1 is 1.24 bits per heavy atom. The summed E-state index contributed by atoms with van der Waals surface area (Å²) in [5, 5.41) is 10.9. The van der Waals surface area contributed by atoms with E-state index >= 15 is 0 Å². The molecule has 21 heavy (non-hydrogen) atoms. The predicted octanol–water partition coefficient (Wildman–Crippen LogP) is 1.32. The van der Waals surface area contributed by atoms with Gasteiger partial charge in [0.2, 0.25) is 6.54 Å².